The number of rotatable bonds is 11. The van der Waals surface area contributed by atoms with E-state index in [1.807, 2.05) is 48.5 Å². The van der Waals surface area contributed by atoms with Crippen LogP contribution in [0.3, 0.4) is 0 Å². The summed E-state index contributed by atoms with van der Waals surface area (Å²) in [6.45, 7) is 2.73. The van der Waals surface area contributed by atoms with Crippen molar-refractivity contribution in [2.24, 2.45) is 0 Å². The molecule has 1 aliphatic heterocycles. The molecule has 0 atom stereocenters. The number of halogens is 1. The number of fused-ring (bicyclic) bond motifs is 2. The van der Waals surface area contributed by atoms with Crippen LogP contribution in [0.5, 0.6) is 23.0 Å². The predicted octanol–water partition coefficient (Wildman–Crippen LogP) is 6.80. The van der Waals surface area contributed by atoms with Gasteiger partial charge < -0.3 is 29.6 Å². The molecule has 2 amide bonds. The van der Waals surface area contributed by atoms with Gasteiger partial charge in [-0.1, -0.05) is 30.3 Å². The van der Waals surface area contributed by atoms with E-state index in [2.05, 4.69) is 32.7 Å². The van der Waals surface area contributed by atoms with Gasteiger partial charge in [0.2, 0.25) is 0 Å². The molecule has 0 bridgehead atoms. The fourth-order valence-corrected chi connectivity index (χ4v) is 5.93. The van der Waals surface area contributed by atoms with E-state index in [-0.39, 0.29) is 23.7 Å². The largest absolute Gasteiger partial charge is 0.493 e. The molecule has 49 heavy (non-hydrogen) atoms. The monoisotopic (exact) mass is 682 g/mol. The van der Waals surface area contributed by atoms with E-state index in [0.717, 1.165) is 60.4 Å². The van der Waals surface area contributed by atoms with Gasteiger partial charge in [0.25, 0.3) is 11.8 Å². The topological polar surface area (TPSA) is 111 Å². The SMILES string of the molecule is COc1cc2c(cc1OC)CN(CCc1ccc(NC(=O)c3cc(OC)c(OC)cc3NC(=O)c3cnc4ccccc4c3)cc1)CC2.Cl. The lowest BCUT2D eigenvalue weighted by Gasteiger charge is -2.29. The van der Waals surface area contributed by atoms with Crippen molar-refractivity contribution in [2.75, 3.05) is 52.2 Å². The Kier molecular flexibility index (Phi) is 11.2. The van der Waals surface area contributed by atoms with Crippen LogP contribution in [0.25, 0.3) is 10.9 Å². The van der Waals surface area contributed by atoms with Gasteiger partial charge in [-0.15, -0.1) is 12.4 Å². The zero-order valence-corrected chi connectivity index (χ0v) is 28.7. The quantitative estimate of drug-likeness (QED) is 0.157. The van der Waals surface area contributed by atoms with Crippen LogP contribution in [-0.4, -0.2) is 63.2 Å². The number of nitrogens with one attached hydrogen (secondary N) is 2. The fourth-order valence-electron chi connectivity index (χ4n) is 5.93. The Labute approximate surface area is 291 Å². The van der Waals surface area contributed by atoms with Crippen LogP contribution in [0, 0.1) is 0 Å². The first-order valence-electron chi connectivity index (χ1n) is 15.7. The molecule has 6 rings (SSSR count). The summed E-state index contributed by atoms with van der Waals surface area (Å²) in [4.78, 5) is 33.7. The van der Waals surface area contributed by atoms with Gasteiger partial charge in [0.1, 0.15) is 0 Å². The molecule has 0 saturated heterocycles. The number of carbonyl (C=O) groups is 2. The molecule has 5 aromatic rings. The second-order valence-electron chi connectivity index (χ2n) is 11.5. The molecule has 0 unspecified atom stereocenters. The molecule has 2 N–H and O–H groups in total. The molecular formula is C38H39ClN4O6. The van der Waals surface area contributed by atoms with Gasteiger partial charge in [0, 0.05) is 43.0 Å². The lowest BCUT2D eigenvalue weighted by molar-refractivity contribution is 0.102. The number of nitrogens with zero attached hydrogens (tertiary/aromatic N) is 2. The maximum atomic E-state index is 13.6. The van der Waals surface area contributed by atoms with Crippen LogP contribution < -0.4 is 29.6 Å². The smallest absolute Gasteiger partial charge is 0.257 e. The zero-order valence-electron chi connectivity index (χ0n) is 27.9. The number of pyridine rings is 1. The van der Waals surface area contributed by atoms with Crippen molar-refractivity contribution in [2.45, 2.75) is 19.4 Å². The normalized spacial score (nSPS) is 12.3. The molecule has 0 spiro atoms. The number of methoxy groups -OCH3 is 4. The standard InChI is InChI=1S/C38H38N4O6.ClH/c1-45-33-18-25-14-16-42(23-28(25)19-34(33)46-2)15-13-24-9-11-29(12-10-24)40-38(44)30-20-35(47-3)36(48-4)21-32(30)41-37(43)27-17-26-7-5-6-8-31(26)39-22-27;/h5-12,17-22H,13-16,23H2,1-4H3,(H,40,44)(H,41,43);1H. The number of ether oxygens (including phenoxy) is 4. The summed E-state index contributed by atoms with van der Waals surface area (Å²) in [5, 5.41) is 6.66. The minimum absolute atomic E-state index is 0. The van der Waals surface area contributed by atoms with Gasteiger partial charge in [-0.05, 0) is 72.0 Å². The molecule has 254 valence electrons. The number of benzene rings is 4. The minimum atomic E-state index is -0.408. The van der Waals surface area contributed by atoms with Gasteiger partial charge in [-0.3, -0.25) is 19.5 Å². The second kappa shape index (κ2) is 15.7. The molecule has 0 fully saturated rings. The summed E-state index contributed by atoms with van der Waals surface area (Å²) >= 11 is 0. The number of aromatic nitrogens is 1. The highest BCUT2D eigenvalue weighted by Gasteiger charge is 2.21. The van der Waals surface area contributed by atoms with E-state index in [9.17, 15) is 9.59 Å². The Balaban J connectivity index is 0.00000468. The van der Waals surface area contributed by atoms with Crippen LogP contribution in [0.4, 0.5) is 11.4 Å². The average molecular weight is 683 g/mol. The maximum absolute atomic E-state index is 13.6. The molecule has 1 aromatic heterocycles. The Bertz CT molecular complexity index is 1970. The molecule has 0 saturated carbocycles. The molecule has 0 radical (unpaired) electrons. The van der Waals surface area contributed by atoms with E-state index >= 15 is 0 Å². The van der Waals surface area contributed by atoms with E-state index in [1.165, 1.54) is 31.5 Å². The zero-order chi connectivity index (χ0) is 33.6. The van der Waals surface area contributed by atoms with Gasteiger partial charge in [-0.2, -0.15) is 0 Å². The van der Waals surface area contributed by atoms with Crippen molar-refractivity contribution in [1.82, 2.24) is 9.88 Å². The first-order chi connectivity index (χ1) is 23.4. The molecule has 10 nitrogen and oxygen atoms in total. The van der Waals surface area contributed by atoms with Crippen molar-refractivity contribution in [3.05, 3.63) is 113 Å². The first-order valence-corrected chi connectivity index (χ1v) is 15.7. The van der Waals surface area contributed by atoms with Crippen molar-refractivity contribution < 1.29 is 28.5 Å². The number of amides is 2. The number of hydrogen-bond acceptors (Lipinski definition) is 8. The van der Waals surface area contributed by atoms with Crippen LogP contribution in [0.1, 0.15) is 37.4 Å². The number of anilines is 2. The van der Waals surface area contributed by atoms with Gasteiger partial charge in [0.15, 0.2) is 23.0 Å². The molecule has 1 aliphatic rings. The summed E-state index contributed by atoms with van der Waals surface area (Å²) in [6, 6.07) is 24.4. The van der Waals surface area contributed by atoms with Crippen LogP contribution in [0.2, 0.25) is 0 Å². The summed E-state index contributed by atoms with van der Waals surface area (Å²) in [5.74, 6) is 1.44. The number of para-hydroxylation sites is 1. The number of carbonyl (C=O) groups excluding carboxylic acids is 2. The number of hydrogen-bond donors (Lipinski definition) is 2. The predicted molar refractivity (Wildman–Crippen MR) is 193 cm³/mol. The van der Waals surface area contributed by atoms with Gasteiger partial charge in [-0.25, -0.2) is 0 Å². The van der Waals surface area contributed by atoms with Crippen molar-refractivity contribution in [3.63, 3.8) is 0 Å². The van der Waals surface area contributed by atoms with E-state index in [1.54, 1.807) is 32.4 Å². The molecular weight excluding hydrogens is 644 g/mol. The first kappa shape index (κ1) is 35.0. The lowest BCUT2D eigenvalue weighted by Crippen LogP contribution is -2.32. The lowest BCUT2D eigenvalue weighted by atomic mass is 9.98. The van der Waals surface area contributed by atoms with Gasteiger partial charge >= 0.3 is 0 Å². The Hall–Kier alpha value is -5.32. The molecule has 4 aromatic carbocycles. The summed E-state index contributed by atoms with van der Waals surface area (Å²) in [6.07, 6.45) is 3.34. The fraction of sp³-hybridized carbons (Fsp3) is 0.237. The van der Waals surface area contributed by atoms with Crippen LogP contribution in [-0.2, 0) is 19.4 Å². The second-order valence-corrected chi connectivity index (χ2v) is 11.5. The third-order valence-corrected chi connectivity index (χ3v) is 8.59. The molecule has 11 heteroatoms. The Morgan fingerprint density at radius 2 is 1.41 bits per heavy atom. The summed E-state index contributed by atoms with van der Waals surface area (Å²) < 4.78 is 21.9. The third kappa shape index (κ3) is 7.88. The highest BCUT2D eigenvalue weighted by Crippen LogP contribution is 2.35. The van der Waals surface area contributed by atoms with E-state index < -0.39 is 11.8 Å². The maximum Gasteiger partial charge on any atom is 0.257 e. The van der Waals surface area contributed by atoms with E-state index in [4.69, 9.17) is 18.9 Å². The summed E-state index contributed by atoms with van der Waals surface area (Å²) in [5.41, 5.74) is 5.99. The Morgan fingerprint density at radius 1 is 0.755 bits per heavy atom. The molecule has 0 aliphatic carbocycles. The average Bonchev–Trinajstić information content (AvgIpc) is 3.13. The van der Waals surface area contributed by atoms with E-state index in [0.29, 0.717) is 22.7 Å². The molecule has 2 heterocycles. The van der Waals surface area contributed by atoms with Crippen LogP contribution in [0.15, 0.2) is 85.1 Å². The third-order valence-electron chi connectivity index (χ3n) is 8.59. The Morgan fingerprint density at radius 3 is 2.12 bits per heavy atom. The van der Waals surface area contributed by atoms with Crippen molar-refractivity contribution >= 4 is 46.5 Å². The van der Waals surface area contributed by atoms with Crippen LogP contribution >= 0.6 is 12.4 Å². The van der Waals surface area contributed by atoms with Crippen molar-refractivity contribution in [1.29, 1.82) is 0 Å². The summed E-state index contributed by atoms with van der Waals surface area (Å²) in [7, 11) is 6.31. The van der Waals surface area contributed by atoms with Crippen molar-refractivity contribution in [3.8, 4) is 23.0 Å². The minimum Gasteiger partial charge on any atom is -0.493 e. The van der Waals surface area contributed by atoms with Gasteiger partial charge in [0.05, 0.1) is 50.8 Å². The highest BCUT2D eigenvalue weighted by atomic mass is 35.5. The highest BCUT2D eigenvalue weighted by molar-refractivity contribution is 6.13.